The molecule has 0 radical (unpaired) electrons. The first-order chi connectivity index (χ1) is 9.74. The second-order valence-electron chi connectivity index (χ2n) is 4.09. The highest BCUT2D eigenvalue weighted by Gasteiger charge is 2.07. The maximum Gasteiger partial charge on any atom is 0.213 e. The Bertz CT molecular complexity index is 558. The Kier molecular flexibility index (Phi) is 5.07. The number of hydrogen-bond acceptors (Lipinski definition) is 4. The lowest BCUT2D eigenvalue weighted by Crippen LogP contribution is -2.03. The van der Waals surface area contributed by atoms with Gasteiger partial charge in [-0.25, -0.2) is 4.98 Å². The summed E-state index contributed by atoms with van der Waals surface area (Å²) in [4.78, 5) is 4.20. The first-order valence-electron chi connectivity index (χ1n) is 6.38. The zero-order valence-corrected chi connectivity index (χ0v) is 12.3. The lowest BCUT2D eigenvalue weighted by Gasteiger charge is -2.12. The van der Waals surface area contributed by atoms with Crippen LogP contribution in [-0.4, -0.2) is 18.7 Å². The number of pyridine rings is 1. The van der Waals surface area contributed by atoms with E-state index < -0.39 is 0 Å². The number of ether oxygens (including phenoxy) is 2. The third-order valence-corrected chi connectivity index (χ3v) is 3.15. The van der Waals surface area contributed by atoms with Crippen LogP contribution in [0.4, 0.5) is 5.69 Å². The fourth-order valence-electron chi connectivity index (χ4n) is 1.81. The molecule has 5 heteroatoms. The number of nitrogens with one attached hydrogen (secondary N) is 1. The zero-order valence-electron chi connectivity index (χ0n) is 11.5. The second-order valence-corrected chi connectivity index (χ2v) is 4.50. The summed E-state index contributed by atoms with van der Waals surface area (Å²) in [5, 5.41) is 3.94. The van der Waals surface area contributed by atoms with Crippen LogP contribution in [0, 0.1) is 0 Å². The summed E-state index contributed by atoms with van der Waals surface area (Å²) in [6.07, 6.45) is 1.73. The molecule has 1 heterocycles. The van der Waals surface area contributed by atoms with Crippen molar-refractivity contribution in [2.24, 2.45) is 0 Å². The van der Waals surface area contributed by atoms with Crippen molar-refractivity contribution in [3.05, 3.63) is 47.1 Å². The van der Waals surface area contributed by atoms with Gasteiger partial charge < -0.3 is 14.8 Å². The fourth-order valence-corrected chi connectivity index (χ4v) is 2.04. The van der Waals surface area contributed by atoms with Crippen LogP contribution in [0.1, 0.15) is 12.5 Å². The van der Waals surface area contributed by atoms with E-state index in [4.69, 9.17) is 21.1 Å². The molecule has 2 rings (SSSR count). The number of aromatic nitrogens is 1. The van der Waals surface area contributed by atoms with Crippen molar-refractivity contribution in [3.63, 3.8) is 0 Å². The summed E-state index contributed by atoms with van der Waals surface area (Å²) in [7, 11) is 1.63. The van der Waals surface area contributed by atoms with Crippen molar-refractivity contribution in [2.45, 2.75) is 13.5 Å². The molecule has 0 aliphatic heterocycles. The molecule has 0 aliphatic rings. The molecule has 0 aliphatic carbocycles. The zero-order chi connectivity index (χ0) is 14.4. The van der Waals surface area contributed by atoms with Gasteiger partial charge in [0.1, 0.15) is 5.75 Å². The number of nitrogens with zero attached hydrogens (tertiary/aromatic N) is 1. The average molecular weight is 293 g/mol. The van der Waals surface area contributed by atoms with Gasteiger partial charge in [-0.2, -0.15) is 0 Å². The molecule has 1 aromatic heterocycles. The first-order valence-corrected chi connectivity index (χ1v) is 6.76. The molecule has 0 amide bonds. The van der Waals surface area contributed by atoms with Gasteiger partial charge in [0, 0.05) is 23.2 Å². The van der Waals surface area contributed by atoms with Crippen LogP contribution in [0.3, 0.4) is 0 Å². The fraction of sp³-hybridized carbons (Fsp3) is 0.267. The normalized spacial score (nSPS) is 10.2. The molecule has 0 spiro atoms. The first kappa shape index (κ1) is 14.5. The predicted molar refractivity (Wildman–Crippen MR) is 80.7 cm³/mol. The number of rotatable bonds is 6. The predicted octanol–water partition coefficient (Wildman–Crippen LogP) is 3.75. The van der Waals surface area contributed by atoms with Gasteiger partial charge in [-0.1, -0.05) is 17.7 Å². The number of benzene rings is 1. The number of methoxy groups -OCH3 is 1. The van der Waals surface area contributed by atoms with Crippen LogP contribution >= 0.6 is 11.6 Å². The van der Waals surface area contributed by atoms with Crippen molar-refractivity contribution >= 4 is 17.3 Å². The van der Waals surface area contributed by atoms with Gasteiger partial charge in [0.25, 0.3) is 0 Å². The number of hydrogen-bond donors (Lipinski definition) is 1. The molecular weight excluding hydrogens is 276 g/mol. The minimum absolute atomic E-state index is 0.568. The Labute approximate surface area is 123 Å². The highest BCUT2D eigenvalue weighted by molar-refractivity contribution is 6.31. The van der Waals surface area contributed by atoms with E-state index in [0.29, 0.717) is 24.1 Å². The molecule has 106 valence electrons. The standard InChI is InChI=1S/C15H17ClN2O2/c1-3-20-15-8-7-11(9-18-15)17-10-12-13(16)5-4-6-14(12)19-2/h4-9,17H,3,10H2,1-2H3. The molecule has 4 nitrogen and oxygen atoms in total. The largest absolute Gasteiger partial charge is 0.496 e. The Morgan fingerprint density at radius 3 is 2.75 bits per heavy atom. The van der Waals surface area contributed by atoms with Gasteiger partial charge in [0.15, 0.2) is 0 Å². The summed E-state index contributed by atoms with van der Waals surface area (Å²) >= 11 is 6.19. The summed E-state index contributed by atoms with van der Waals surface area (Å²) in [5.41, 5.74) is 1.82. The van der Waals surface area contributed by atoms with Crippen LogP contribution in [-0.2, 0) is 6.54 Å². The number of anilines is 1. The van der Waals surface area contributed by atoms with Crippen LogP contribution in [0.2, 0.25) is 5.02 Å². The van der Waals surface area contributed by atoms with E-state index >= 15 is 0 Å². The molecule has 0 fully saturated rings. The lowest BCUT2D eigenvalue weighted by molar-refractivity contribution is 0.327. The van der Waals surface area contributed by atoms with Crippen molar-refractivity contribution in [1.82, 2.24) is 4.98 Å². The van der Waals surface area contributed by atoms with E-state index in [1.165, 1.54) is 0 Å². The van der Waals surface area contributed by atoms with Gasteiger partial charge >= 0.3 is 0 Å². The average Bonchev–Trinajstić information content (AvgIpc) is 2.47. The Hall–Kier alpha value is -1.94. The highest BCUT2D eigenvalue weighted by atomic mass is 35.5. The van der Waals surface area contributed by atoms with Gasteiger partial charge in [-0.15, -0.1) is 0 Å². The van der Waals surface area contributed by atoms with E-state index in [9.17, 15) is 0 Å². The Morgan fingerprint density at radius 2 is 2.10 bits per heavy atom. The minimum Gasteiger partial charge on any atom is -0.496 e. The Morgan fingerprint density at radius 1 is 1.25 bits per heavy atom. The van der Waals surface area contributed by atoms with Crippen molar-refractivity contribution in [2.75, 3.05) is 19.0 Å². The molecule has 0 atom stereocenters. The van der Waals surface area contributed by atoms with Crippen LogP contribution in [0.15, 0.2) is 36.5 Å². The molecular formula is C15H17ClN2O2. The summed E-state index contributed by atoms with van der Waals surface area (Å²) in [5.74, 6) is 1.39. The van der Waals surface area contributed by atoms with E-state index in [1.807, 2.05) is 37.3 Å². The van der Waals surface area contributed by atoms with Crippen LogP contribution < -0.4 is 14.8 Å². The molecule has 0 unspecified atom stereocenters. The van der Waals surface area contributed by atoms with Gasteiger partial charge in [-0.3, -0.25) is 0 Å². The van der Waals surface area contributed by atoms with E-state index in [1.54, 1.807) is 13.3 Å². The molecule has 0 saturated heterocycles. The quantitative estimate of drug-likeness (QED) is 0.880. The second kappa shape index (κ2) is 7.01. The summed E-state index contributed by atoms with van der Waals surface area (Å²) < 4.78 is 10.6. The Balaban J connectivity index is 2.05. The molecule has 20 heavy (non-hydrogen) atoms. The van der Waals surface area contributed by atoms with Crippen LogP contribution in [0.25, 0.3) is 0 Å². The third kappa shape index (κ3) is 3.54. The molecule has 1 aromatic carbocycles. The van der Waals surface area contributed by atoms with Crippen molar-refractivity contribution < 1.29 is 9.47 Å². The maximum absolute atomic E-state index is 6.19. The smallest absolute Gasteiger partial charge is 0.213 e. The van der Waals surface area contributed by atoms with Crippen molar-refractivity contribution in [3.8, 4) is 11.6 Å². The SMILES string of the molecule is CCOc1ccc(NCc2c(Cl)cccc2OC)cn1. The van der Waals surface area contributed by atoms with E-state index in [-0.39, 0.29) is 0 Å². The molecule has 1 N–H and O–H groups in total. The summed E-state index contributed by atoms with van der Waals surface area (Å²) in [6, 6.07) is 9.34. The van der Waals surface area contributed by atoms with Gasteiger partial charge in [0.05, 0.1) is 25.6 Å². The number of halogens is 1. The topological polar surface area (TPSA) is 43.4 Å². The third-order valence-electron chi connectivity index (χ3n) is 2.79. The van der Waals surface area contributed by atoms with Crippen LogP contribution in [0.5, 0.6) is 11.6 Å². The highest BCUT2D eigenvalue weighted by Crippen LogP contribution is 2.27. The molecule has 0 saturated carbocycles. The van der Waals surface area contributed by atoms with Gasteiger partial charge in [-0.05, 0) is 25.1 Å². The monoisotopic (exact) mass is 292 g/mol. The van der Waals surface area contributed by atoms with E-state index in [2.05, 4.69) is 10.3 Å². The summed E-state index contributed by atoms with van der Waals surface area (Å²) in [6.45, 7) is 3.10. The maximum atomic E-state index is 6.19. The van der Waals surface area contributed by atoms with E-state index in [0.717, 1.165) is 17.0 Å². The van der Waals surface area contributed by atoms with Crippen molar-refractivity contribution in [1.29, 1.82) is 0 Å². The van der Waals surface area contributed by atoms with Gasteiger partial charge in [0.2, 0.25) is 5.88 Å². The molecule has 0 bridgehead atoms. The lowest BCUT2D eigenvalue weighted by atomic mass is 10.2. The molecule has 2 aromatic rings. The minimum atomic E-state index is 0.568.